The number of ketones is 1. The van der Waals surface area contributed by atoms with E-state index < -0.39 is 29.6 Å². The molecule has 0 unspecified atom stereocenters. The standard InChI is InChI=1S/C64H58O12/c1-66-38-15-9-33(10-16-38)60-57(46-27-43(71-6)30-49-54(46)53(36-23-41(69-4)26-42(24-36)70-5)62(75-49)34-11-17-39(67-2)18-12-34)58-47-28-44(72-7)31-50-55(47)59(63(76-50)35-13-19-40(68-3)20-14-35)48-29-45(73-8)32-51-56(48)61(58)64(60)22-21-37(65)25-52(64)74-51/h9-24,26-32,52-53,57-63H,25H2,1-8H3/t52-,53+,57+,58+,59+,60-,61-,62-,63-,64+/m0/s1. The van der Waals surface area contributed by atoms with Crippen molar-refractivity contribution in [1.29, 1.82) is 0 Å². The number of carbonyl (C=O) groups is 1. The van der Waals surface area contributed by atoms with Crippen molar-refractivity contribution in [3.05, 3.63) is 195 Å². The molecule has 3 aliphatic carbocycles. The van der Waals surface area contributed by atoms with Crippen LogP contribution in [0.4, 0.5) is 0 Å². The van der Waals surface area contributed by atoms with Crippen LogP contribution in [-0.2, 0) is 4.79 Å². The molecule has 1 fully saturated rings. The fraction of sp³-hybridized carbons (Fsp3) is 0.297. The zero-order valence-electron chi connectivity index (χ0n) is 43.6. The minimum absolute atomic E-state index is 0.00524. The van der Waals surface area contributed by atoms with Crippen molar-refractivity contribution >= 4 is 5.78 Å². The van der Waals surface area contributed by atoms with Gasteiger partial charge in [0.15, 0.2) is 5.78 Å². The molecule has 0 aromatic heterocycles. The van der Waals surface area contributed by atoms with Crippen LogP contribution in [0.3, 0.4) is 0 Å². The Hall–Kier alpha value is -8.25. The molecule has 0 amide bonds. The van der Waals surface area contributed by atoms with Gasteiger partial charge in [0.2, 0.25) is 0 Å². The maximum Gasteiger partial charge on any atom is 0.159 e. The van der Waals surface area contributed by atoms with Gasteiger partial charge < -0.3 is 52.1 Å². The van der Waals surface area contributed by atoms with Gasteiger partial charge >= 0.3 is 0 Å². The summed E-state index contributed by atoms with van der Waals surface area (Å²) in [5.41, 5.74) is 9.45. The quantitative estimate of drug-likeness (QED) is 0.109. The average molecular weight is 1020 g/mol. The molecule has 1 spiro atoms. The van der Waals surface area contributed by atoms with Crippen molar-refractivity contribution < 1.29 is 56.9 Å². The highest BCUT2D eigenvalue weighted by molar-refractivity contribution is 5.92. The molecule has 12 nitrogen and oxygen atoms in total. The fourth-order valence-corrected chi connectivity index (χ4v) is 14.2. The number of carbonyl (C=O) groups excluding carboxylic acids is 1. The Balaban J connectivity index is 1.16. The fourth-order valence-electron chi connectivity index (χ4n) is 14.2. The van der Waals surface area contributed by atoms with Crippen molar-refractivity contribution in [2.45, 2.75) is 60.2 Å². The van der Waals surface area contributed by atoms with Crippen LogP contribution in [0.15, 0.2) is 140 Å². The Bertz CT molecular complexity index is 3440. The van der Waals surface area contributed by atoms with Crippen molar-refractivity contribution in [1.82, 2.24) is 0 Å². The molecule has 0 saturated heterocycles. The lowest BCUT2D eigenvalue weighted by molar-refractivity contribution is -0.119. The van der Waals surface area contributed by atoms with Crippen molar-refractivity contribution in [2.24, 2.45) is 5.41 Å². The molecule has 3 aliphatic heterocycles. The summed E-state index contributed by atoms with van der Waals surface area (Å²) in [7, 11) is 13.5. The summed E-state index contributed by atoms with van der Waals surface area (Å²) in [5.74, 6) is 5.62. The Kier molecular flexibility index (Phi) is 11.4. The van der Waals surface area contributed by atoms with Crippen LogP contribution in [-0.4, -0.2) is 68.8 Å². The molecular formula is C64H58O12. The van der Waals surface area contributed by atoms with E-state index in [1.807, 2.05) is 66.7 Å². The second-order valence-electron chi connectivity index (χ2n) is 20.5. The lowest BCUT2D eigenvalue weighted by Crippen LogP contribution is -2.50. The molecule has 10 atom stereocenters. The van der Waals surface area contributed by atoms with E-state index in [1.165, 1.54) is 0 Å². The van der Waals surface area contributed by atoms with E-state index in [0.29, 0.717) is 40.2 Å². The zero-order valence-corrected chi connectivity index (χ0v) is 43.6. The second kappa shape index (κ2) is 18.2. The van der Waals surface area contributed by atoms with Gasteiger partial charge in [-0.3, -0.25) is 4.79 Å². The molecule has 3 heterocycles. The normalized spacial score (nSPS) is 25.5. The van der Waals surface area contributed by atoms with Gasteiger partial charge in [0.25, 0.3) is 0 Å². The molecule has 12 heteroatoms. The molecule has 13 rings (SSSR count). The molecule has 1 saturated carbocycles. The van der Waals surface area contributed by atoms with E-state index in [9.17, 15) is 4.79 Å². The lowest BCUT2D eigenvalue weighted by Gasteiger charge is -2.50. The first kappa shape index (κ1) is 47.5. The number of fused-ring (bicyclic) bond motifs is 3. The number of rotatable bonds is 13. The molecule has 0 bridgehead atoms. The first-order valence-corrected chi connectivity index (χ1v) is 25.7. The molecule has 6 aliphatic rings. The highest BCUT2D eigenvalue weighted by atomic mass is 16.5. The first-order chi connectivity index (χ1) is 37.1. The maximum absolute atomic E-state index is 14.1. The summed E-state index contributed by atoms with van der Waals surface area (Å²) in [6.45, 7) is 0. The van der Waals surface area contributed by atoms with Crippen LogP contribution >= 0.6 is 0 Å². The molecular weight excluding hydrogens is 961 g/mol. The van der Waals surface area contributed by atoms with Crippen molar-refractivity contribution in [3.63, 3.8) is 0 Å². The Morgan fingerprint density at radius 2 is 0.803 bits per heavy atom. The van der Waals surface area contributed by atoms with Crippen LogP contribution in [0.2, 0.25) is 0 Å². The monoisotopic (exact) mass is 1020 g/mol. The number of benzene rings is 7. The first-order valence-electron chi connectivity index (χ1n) is 25.7. The minimum Gasteiger partial charge on any atom is -0.497 e. The zero-order chi connectivity index (χ0) is 52.1. The predicted octanol–water partition coefficient (Wildman–Crippen LogP) is 12.3. The van der Waals surface area contributed by atoms with Gasteiger partial charge in [-0.05, 0) is 124 Å². The van der Waals surface area contributed by atoms with E-state index >= 15 is 0 Å². The maximum atomic E-state index is 14.1. The molecule has 0 radical (unpaired) electrons. The highest BCUT2D eigenvalue weighted by Gasteiger charge is 2.70. The van der Waals surface area contributed by atoms with E-state index in [-0.39, 0.29) is 41.8 Å². The molecule has 76 heavy (non-hydrogen) atoms. The third kappa shape index (κ3) is 7.05. The van der Waals surface area contributed by atoms with Gasteiger partial charge in [-0.15, -0.1) is 0 Å². The summed E-state index contributed by atoms with van der Waals surface area (Å²) in [6, 6.07) is 43.4. The van der Waals surface area contributed by atoms with E-state index in [1.54, 1.807) is 56.9 Å². The summed E-state index contributed by atoms with van der Waals surface area (Å²) in [6.07, 6.45) is 2.65. The van der Waals surface area contributed by atoms with Crippen LogP contribution in [0.5, 0.6) is 63.2 Å². The Morgan fingerprint density at radius 3 is 1.29 bits per heavy atom. The smallest absolute Gasteiger partial charge is 0.159 e. The molecule has 7 aromatic rings. The van der Waals surface area contributed by atoms with Gasteiger partial charge in [0.05, 0.1) is 68.7 Å². The van der Waals surface area contributed by atoms with Gasteiger partial charge in [-0.2, -0.15) is 0 Å². The van der Waals surface area contributed by atoms with E-state index in [0.717, 1.165) is 78.6 Å². The third-order valence-electron chi connectivity index (χ3n) is 17.3. The number of ether oxygens (including phenoxy) is 11. The molecule has 7 aromatic carbocycles. The molecule has 0 N–H and O–H groups in total. The topological polar surface area (TPSA) is 119 Å². The third-order valence-corrected chi connectivity index (χ3v) is 17.3. The average Bonchev–Trinajstić information content (AvgIpc) is 3.94. The van der Waals surface area contributed by atoms with Crippen LogP contribution in [0, 0.1) is 5.41 Å². The van der Waals surface area contributed by atoms with Gasteiger partial charge in [-0.25, -0.2) is 0 Å². The van der Waals surface area contributed by atoms with Gasteiger partial charge in [0.1, 0.15) is 81.6 Å². The number of hydrogen-bond donors (Lipinski definition) is 0. The van der Waals surface area contributed by atoms with Crippen LogP contribution in [0.25, 0.3) is 0 Å². The van der Waals surface area contributed by atoms with Crippen molar-refractivity contribution in [3.8, 4) is 63.2 Å². The van der Waals surface area contributed by atoms with Crippen LogP contribution < -0.4 is 52.1 Å². The van der Waals surface area contributed by atoms with Gasteiger partial charge in [-0.1, -0.05) is 42.5 Å². The van der Waals surface area contributed by atoms with E-state index in [4.69, 9.17) is 52.1 Å². The second-order valence-corrected chi connectivity index (χ2v) is 20.5. The lowest BCUT2D eigenvalue weighted by atomic mass is 9.58. The highest BCUT2D eigenvalue weighted by Crippen LogP contribution is 2.79. The Morgan fingerprint density at radius 1 is 0.395 bits per heavy atom. The van der Waals surface area contributed by atoms with Crippen molar-refractivity contribution in [2.75, 3.05) is 56.9 Å². The summed E-state index contributed by atoms with van der Waals surface area (Å²) >= 11 is 0. The summed E-state index contributed by atoms with van der Waals surface area (Å²) in [4.78, 5) is 14.1. The Labute approximate surface area is 441 Å². The minimum atomic E-state index is -0.821. The van der Waals surface area contributed by atoms with E-state index in [2.05, 4.69) is 72.8 Å². The molecule has 386 valence electrons. The number of hydrogen-bond acceptors (Lipinski definition) is 12. The predicted molar refractivity (Wildman–Crippen MR) is 285 cm³/mol. The summed E-state index contributed by atoms with van der Waals surface area (Å²) in [5, 5.41) is 0. The van der Waals surface area contributed by atoms with Crippen LogP contribution in [0.1, 0.15) is 110 Å². The largest absolute Gasteiger partial charge is 0.497 e. The van der Waals surface area contributed by atoms with Gasteiger partial charge in [0, 0.05) is 64.6 Å². The SMILES string of the molecule is COc1ccc([C@@H]2Oc3cc(OC)cc([C@@H]4[C@H]5c6cc(OC)cc7c6[C@@H](c6cc(OC)cc8c6[C@@H]5[C@@]5(C=CC(=O)C[C@@H]5O8)[C@H]4c4ccc(OC)cc4)[C@H](c4ccc(OC)cc4)O7)c3[C@H]2c2cc(OC)cc(OC)c2)cc1. The number of methoxy groups -OCH3 is 8. The summed E-state index contributed by atoms with van der Waals surface area (Å²) < 4.78 is 70.2. The number of allylic oxidation sites excluding steroid dienone is 1.